The van der Waals surface area contributed by atoms with Crippen molar-refractivity contribution in [3.05, 3.63) is 34.4 Å². The second kappa shape index (κ2) is 5.73. The van der Waals surface area contributed by atoms with Gasteiger partial charge < -0.3 is 5.11 Å². The zero-order valence-corrected chi connectivity index (χ0v) is 13.7. The lowest BCUT2D eigenvalue weighted by molar-refractivity contribution is 0.0272. The van der Waals surface area contributed by atoms with Crippen molar-refractivity contribution in [3.8, 4) is 0 Å². The number of carboxylic acids is 1. The van der Waals surface area contributed by atoms with Gasteiger partial charge in [-0.1, -0.05) is 0 Å². The number of benzene rings is 1. The predicted octanol–water partition coefficient (Wildman–Crippen LogP) is 2.06. The maximum absolute atomic E-state index is 12.4. The minimum absolute atomic E-state index is 0.0885. The summed E-state index contributed by atoms with van der Waals surface area (Å²) in [6.45, 7) is 6.88. The Kier molecular flexibility index (Phi) is 4.30. The maximum Gasteiger partial charge on any atom is 0.335 e. The van der Waals surface area contributed by atoms with Crippen molar-refractivity contribution in [2.45, 2.75) is 38.7 Å². The average molecular weight is 325 g/mol. The van der Waals surface area contributed by atoms with Crippen LogP contribution in [0.1, 0.15) is 40.9 Å². The molecule has 0 amide bonds. The van der Waals surface area contributed by atoms with E-state index >= 15 is 0 Å². The number of sulfone groups is 1. The Labute approximate surface area is 129 Å². The quantitative estimate of drug-likeness (QED) is 0.823. The van der Waals surface area contributed by atoms with Gasteiger partial charge in [-0.25, -0.2) is 13.2 Å². The van der Waals surface area contributed by atoms with Gasteiger partial charge in [0.15, 0.2) is 9.84 Å². The Hall–Kier alpha value is -1.86. The summed E-state index contributed by atoms with van der Waals surface area (Å²) in [5.74, 6) is -1.23. The molecule has 0 aromatic heterocycles. The molecule has 0 spiro atoms. The van der Waals surface area contributed by atoms with Crippen LogP contribution in [0.2, 0.25) is 0 Å². The van der Waals surface area contributed by atoms with Crippen LogP contribution in [0.15, 0.2) is 17.0 Å². The van der Waals surface area contributed by atoms with Gasteiger partial charge in [-0.15, -0.1) is 0 Å². The first-order valence-corrected chi connectivity index (χ1v) is 8.52. The van der Waals surface area contributed by atoms with Gasteiger partial charge in [-0.2, -0.15) is 0 Å². The van der Waals surface area contributed by atoms with Gasteiger partial charge in [0.25, 0.3) is 0 Å². The van der Waals surface area contributed by atoms with E-state index in [1.54, 1.807) is 13.8 Å². The fourth-order valence-electron chi connectivity index (χ4n) is 2.49. The summed E-state index contributed by atoms with van der Waals surface area (Å²) < 4.78 is 24.7. The van der Waals surface area contributed by atoms with Crippen molar-refractivity contribution in [1.82, 2.24) is 5.48 Å². The largest absolute Gasteiger partial charge is 0.478 e. The smallest absolute Gasteiger partial charge is 0.335 e. The minimum atomic E-state index is -3.47. The lowest BCUT2D eigenvalue weighted by Gasteiger charge is -2.24. The highest BCUT2D eigenvalue weighted by atomic mass is 32.2. The molecule has 0 atom stereocenters. The molecule has 2 N–H and O–H groups in total. The molecular weight excluding hydrogens is 306 g/mol. The van der Waals surface area contributed by atoms with Crippen LogP contribution in [0.5, 0.6) is 0 Å². The number of aromatic carboxylic acids is 1. The van der Waals surface area contributed by atoms with E-state index in [2.05, 4.69) is 5.48 Å². The van der Waals surface area contributed by atoms with Gasteiger partial charge in [0.2, 0.25) is 0 Å². The lowest BCUT2D eigenvalue weighted by atomic mass is 9.96. The van der Waals surface area contributed by atoms with Crippen molar-refractivity contribution in [2.24, 2.45) is 0 Å². The number of carbonyl (C=O) groups is 1. The van der Waals surface area contributed by atoms with Crippen molar-refractivity contribution in [3.63, 3.8) is 0 Å². The Bertz CT molecular complexity index is 763. The highest BCUT2D eigenvalue weighted by Crippen LogP contribution is 2.35. The molecular formula is C15H19NO5S. The summed E-state index contributed by atoms with van der Waals surface area (Å²) in [6.07, 6.45) is 1.41. The van der Waals surface area contributed by atoms with Crippen molar-refractivity contribution in [2.75, 3.05) is 5.75 Å². The van der Waals surface area contributed by atoms with Crippen LogP contribution in [-0.4, -0.2) is 31.4 Å². The third kappa shape index (κ3) is 2.86. The van der Waals surface area contributed by atoms with Gasteiger partial charge in [0.05, 0.1) is 28.0 Å². The van der Waals surface area contributed by atoms with Gasteiger partial charge in [-0.3, -0.25) is 10.3 Å². The number of fused-ring (bicyclic) bond motifs is 1. The molecule has 0 radical (unpaired) electrons. The van der Waals surface area contributed by atoms with Crippen molar-refractivity contribution in [1.29, 1.82) is 0 Å². The molecule has 1 aromatic rings. The summed E-state index contributed by atoms with van der Waals surface area (Å²) in [6, 6.07) is 1.40. The third-order valence-corrected chi connectivity index (χ3v) is 5.20. The molecule has 1 aliphatic heterocycles. The Morgan fingerprint density at radius 2 is 2.00 bits per heavy atom. The Morgan fingerprint density at radius 3 is 2.55 bits per heavy atom. The van der Waals surface area contributed by atoms with E-state index in [0.717, 1.165) is 0 Å². The summed E-state index contributed by atoms with van der Waals surface area (Å²) in [4.78, 5) is 16.9. The van der Waals surface area contributed by atoms with E-state index in [9.17, 15) is 18.3 Å². The van der Waals surface area contributed by atoms with Crippen LogP contribution < -0.4 is 5.48 Å². The standard InChI is InChI=1S/C15H19NO5S/c1-8(2)21-16-12-5-6-22(19,20)14-9(3)7-11(15(17)18)10(4)13(12)14/h5,7-8,16H,6H2,1-4H3,(H,17,18). The van der Waals surface area contributed by atoms with Crippen LogP contribution in [0, 0.1) is 13.8 Å². The highest BCUT2D eigenvalue weighted by Gasteiger charge is 2.31. The molecule has 6 nitrogen and oxygen atoms in total. The van der Waals surface area contributed by atoms with Gasteiger partial charge in [0.1, 0.15) is 0 Å². The maximum atomic E-state index is 12.4. The van der Waals surface area contributed by atoms with E-state index in [-0.39, 0.29) is 22.3 Å². The number of hydrogen-bond acceptors (Lipinski definition) is 5. The Morgan fingerprint density at radius 1 is 1.36 bits per heavy atom. The molecule has 0 unspecified atom stereocenters. The zero-order valence-electron chi connectivity index (χ0n) is 12.9. The number of carboxylic acid groups (broad SMARTS) is 1. The SMILES string of the molecule is Cc1cc(C(=O)O)c(C)c2c1S(=O)(=O)CC=C2NOC(C)C. The molecule has 1 heterocycles. The summed E-state index contributed by atoms with van der Waals surface area (Å²) >= 11 is 0. The fourth-order valence-corrected chi connectivity index (χ4v) is 4.17. The zero-order chi connectivity index (χ0) is 16.7. The van der Waals surface area contributed by atoms with Crippen LogP contribution in [-0.2, 0) is 14.7 Å². The van der Waals surface area contributed by atoms with Gasteiger partial charge >= 0.3 is 5.97 Å². The first-order valence-electron chi connectivity index (χ1n) is 6.87. The van der Waals surface area contributed by atoms with Gasteiger partial charge in [0, 0.05) is 5.56 Å². The lowest BCUT2D eigenvalue weighted by Crippen LogP contribution is -2.26. The van der Waals surface area contributed by atoms with Crippen molar-refractivity contribution >= 4 is 21.5 Å². The van der Waals surface area contributed by atoms with Crippen LogP contribution in [0.25, 0.3) is 5.70 Å². The molecule has 2 rings (SSSR count). The molecule has 0 fully saturated rings. The number of nitrogens with one attached hydrogen (secondary N) is 1. The number of rotatable bonds is 4. The van der Waals surface area contributed by atoms with E-state index < -0.39 is 15.8 Å². The summed E-state index contributed by atoms with van der Waals surface area (Å²) in [5.41, 5.74) is 4.54. The molecule has 1 aliphatic rings. The molecule has 0 saturated carbocycles. The first-order chi connectivity index (χ1) is 10.1. The molecule has 120 valence electrons. The summed E-state index contributed by atoms with van der Waals surface area (Å²) in [5, 5.41) is 9.31. The molecule has 0 aliphatic carbocycles. The molecule has 0 bridgehead atoms. The molecule has 1 aromatic carbocycles. The van der Waals surface area contributed by atoms with Crippen LogP contribution >= 0.6 is 0 Å². The molecule has 22 heavy (non-hydrogen) atoms. The van der Waals surface area contributed by atoms with Crippen LogP contribution in [0.3, 0.4) is 0 Å². The van der Waals surface area contributed by atoms with E-state index in [1.807, 2.05) is 13.8 Å². The Balaban J connectivity index is 2.70. The summed E-state index contributed by atoms with van der Waals surface area (Å²) in [7, 11) is -3.47. The van der Waals surface area contributed by atoms with E-state index in [0.29, 0.717) is 22.4 Å². The van der Waals surface area contributed by atoms with E-state index in [1.165, 1.54) is 12.1 Å². The van der Waals surface area contributed by atoms with Crippen LogP contribution in [0.4, 0.5) is 0 Å². The molecule has 7 heteroatoms. The second-order valence-corrected chi connectivity index (χ2v) is 7.51. The first kappa shape index (κ1) is 16.5. The predicted molar refractivity (Wildman–Crippen MR) is 82.3 cm³/mol. The fraction of sp³-hybridized carbons (Fsp3) is 0.400. The monoisotopic (exact) mass is 325 g/mol. The average Bonchev–Trinajstić information content (AvgIpc) is 2.40. The number of hydroxylamine groups is 1. The minimum Gasteiger partial charge on any atom is -0.478 e. The number of hydrogen-bond donors (Lipinski definition) is 2. The number of aryl methyl sites for hydroxylation is 1. The van der Waals surface area contributed by atoms with E-state index in [4.69, 9.17) is 4.84 Å². The highest BCUT2D eigenvalue weighted by molar-refractivity contribution is 7.91. The van der Waals surface area contributed by atoms with Gasteiger partial charge in [-0.05, 0) is 51.0 Å². The van der Waals surface area contributed by atoms with Crippen molar-refractivity contribution < 1.29 is 23.2 Å². The normalized spacial score (nSPS) is 16.1. The molecule has 0 saturated heterocycles. The third-order valence-electron chi connectivity index (χ3n) is 3.45. The topological polar surface area (TPSA) is 92.7 Å². The second-order valence-electron chi connectivity index (χ2n) is 5.54.